The van der Waals surface area contributed by atoms with Crippen LogP contribution < -0.4 is 5.32 Å². The first kappa shape index (κ1) is 15.1. The fourth-order valence-electron chi connectivity index (χ4n) is 2.22. The number of halogens is 1. The minimum atomic E-state index is -0.190. The van der Waals surface area contributed by atoms with Gasteiger partial charge in [-0.2, -0.15) is 0 Å². The Bertz CT molecular complexity index is 337. The van der Waals surface area contributed by atoms with Crippen LogP contribution in [0.5, 0.6) is 0 Å². The molecule has 0 saturated heterocycles. The van der Waals surface area contributed by atoms with E-state index in [1.165, 1.54) is 12.1 Å². The Labute approximate surface area is 110 Å². The van der Waals surface area contributed by atoms with E-state index in [9.17, 15) is 4.39 Å². The Hall–Kier alpha value is -0.930. The third-order valence-corrected chi connectivity index (χ3v) is 3.15. The third-order valence-electron chi connectivity index (χ3n) is 3.15. The van der Waals surface area contributed by atoms with Gasteiger partial charge in [0.05, 0.1) is 6.10 Å². The van der Waals surface area contributed by atoms with Crippen LogP contribution in [0.3, 0.4) is 0 Å². The van der Waals surface area contributed by atoms with Crippen molar-refractivity contribution in [3.05, 3.63) is 35.6 Å². The van der Waals surface area contributed by atoms with Gasteiger partial charge in [0.1, 0.15) is 5.82 Å². The zero-order valence-electron chi connectivity index (χ0n) is 11.7. The smallest absolute Gasteiger partial charge is 0.123 e. The van der Waals surface area contributed by atoms with E-state index in [2.05, 4.69) is 19.2 Å². The van der Waals surface area contributed by atoms with Crippen LogP contribution in [0, 0.1) is 11.7 Å². The molecule has 0 radical (unpaired) electrons. The second kappa shape index (κ2) is 7.49. The minimum Gasteiger partial charge on any atom is -0.377 e. The Kier molecular flexibility index (Phi) is 6.30. The van der Waals surface area contributed by atoms with E-state index in [0.29, 0.717) is 12.5 Å². The van der Waals surface area contributed by atoms with Gasteiger partial charge in [0.25, 0.3) is 0 Å². The highest BCUT2D eigenvalue weighted by Crippen LogP contribution is 2.16. The van der Waals surface area contributed by atoms with Crippen molar-refractivity contribution in [3.8, 4) is 0 Å². The second-order valence-corrected chi connectivity index (χ2v) is 4.89. The molecule has 1 N–H and O–H groups in total. The van der Waals surface area contributed by atoms with Crippen LogP contribution in [0.4, 0.5) is 4.39 Å². The van der Waals surface area contributed by atoms with Gasteiger partial charge in [-0.3, -0.25) is 0 Å². The monoisotopic (exact) mass is 253 g/mol. The largest absolute Gasteiger partial charge is 0.377 e. The average Bonchev–Trinajstić information content (AvgIpc) is 2.35. The zero-order valence-corrected chi connectivity index (χ0v) is 11.7. The van der Waals surface area contributed by atoms with Crippen molar-refractivity contribution in [1.29, 1.82) is 0 Å². The van der Waals surface area contributed by atoms with E-state index < -0.39 is 0 Å². The van der Waals surface area contributed by atoms with Crippen LogP contribution in [-0.2, 0) is 11.2 Å². The maximum atomic E-state index is 12.9. The molecule has 102 valence electrons. The standard InChI is InChI=1S/C15H24FNO/c1-5-18-15(11(2)3)14(17-4)10-12-6-8-13(16)9-7-12/h6-9,11,14-15,17H,5,10H2,1-4H3. The molecular formula is C15H24FNO. The summed E-state index contributed by atoms with van der Waals surface area (Å²) < 4.78 is 18.7. The Morgan fingerprint density at radius 2 is 1.83 bits per heavy atom. The maximum Gasteiger partial charge on any atom is 0.123 e. The lowest BCUT2D eigenvalue weighted by atomic mass is 9.94. The fraction of sp³-hybridized carbons (Fsp3) is 0.600. The maximum absolute atomic E-state index is 12.9. The Morgan fingerprint density at radius 1 is 1.22 bits per heavy atom. The molecule has 0 aromatic heterocycles. The summed E-state index contributed by atoms with van der Waals surface area (Å²) in [6.45, 7) is 7.05. The van der Waals surface area contributed by atoms with Crippen molar-refractivity contribution in [3.63, 3.8) is 0 Å². The topological polar surface area (TPSA) is 21.3 Å². The first-order valence-electron chi connectivity index (χ1n) is 6.61. The van der Waals surface area contributed by atoms with Crippen LogP contribution in [0.25, 0.3) is 0 Å². The van der Waals surface area contributed by atoms with Crippen LogP contribution in [0.2, 0.25) is 0 Å². The first-order valence-corrected chi connectivity index (χ1v) is 6.61. The predicted octanol–water partition coefficient (Wildman–Crippen LogP) is 3.02. The summed E-state index contributed by atoms with van der Waals surface area (Å²) in [6, 6.07) is 6.93. The summed E-state index contributed by atoms with van der Waals surface area (Å²) in [6.07, 6.45) is 1.02. The van der Waals surface area contributed by atoms with E-state index in [1.807, 2.05) is 26.1 Å². The molecule has 0 spiro atoms. The summed E-state index contributed by atoms with van der Waals surface area (Å²) in [4.78, 5) is 0. The molecule has 1 aromatic carbocycles. The van der Waals surface area contributed by atoms with E-state index in [1.54, 1.807) is 0 Å². The predicted molar refractivity (Wildman–Crippen MR) is 73.2 cm³/mol. The summed E-state index contributed by atoms with van der Waals surface area (Å²) >= 11 is 0. The average molecular weight is 253 g/mol. The Morgan fingerprint density at radius 3 is 2.28 bits per heavy atom. The number of benzene rings is 1. The molecule has 0 aliphatic rings. The van der Waals surface area contributed by atoms with Gasteiger partial charge in [-0.05, 0) is 44.0 Å². The van der Waals surface area contributed by atoms with Crippen LogP contribution >= 0.6 is 0 Å². The van der Waals surface area contributed by atoms with Gasteiger partial charge in [0.2, 0.25) is 0 Å². The molecule has 2 nitrogen and oxygen atoms in total. The third kappa shape index (κ3) is 4.39. The molecule has 3 heteroatoms. The lowest BCUT2D eigenvalue weighted by molar-refractivity contribution is 0.00535. The molecule has 2 unspecified atom stereocenters. The van der Waals surface area contributed by atoms with E-state index in [4.69, 9.17) is 4.74 Å². The van der Waals surface area contributed by atoms with Crippen molar-refractivity contribution in [2.24, 2.45) is 5.92 Å². The molecule has 0 bridgehead atoms. The highest BCUT2D eigenvalue weighted by Gasteiger charge is 2.23. The highest BCUT2D eigenvalue weighted by molar-refractivity contribution is 5.17. The van der Waals surface area contributed by atoms with Gasteiger partial charge >= 0.3 is 0 Å². The van der Waals surface area contributed by atoms with E-state index >= 15 is 0 Å². The summed E-state index contributed by atoms with van der Waals surface area (Å²) in [5.74, 6) is 0.257. The number of rotatable bonds is 7. The molecule has 0 amide bonds. The van der Waals surface area contributed by atoms with Crippen molar-refractivity contribution in [1.82, 2.24) is 5.32 Å². The molecule has 0 fully saturated rings. The van der Waals surface area contributed by atoms with Crippen molar-refractivity contribution in [2.75, 3.05) is 13.7 Å². The normalized spacial score (nSPS) is 14.8. The molecule has 0 saturated carbocycles. The van der Waals surface area contributed by atoms with Crippen LogP contribution in [0.15, 0.2) is 24.3 Å². The molecular weight excluding hydrogens is 229 g/mol. The number of ether oxygens (including phenoxy) is 1. The fourth-order valence-corrected chi connectivity index (χ4v) is 2.22. The van der Waals surface area contributed by atoms with E-state index in [0.717, 1.165) is 12.0 Å². The number of hydrogen-bond acceptors (Lipinski definition) is 2. The SMILES string of the molecule is CCOC(C(C)C)C(Cc1ccc(F)cc1)NC. The molecule has 0 heterocycles. The van der Waals surface area contributed by atoms with Crippen molar-refractivity contribution in [2.45, 2.75) is 39.3 Å². The summed E-state index contributed by atoms with van der Waals surface area (Å²) in [7, 11) is 1.95. The van der Waals surface area contributed by atoms with Crippen LogP contribution in [0.1, 0.15) is 26.3 Å². The van der Waals surface area contributed by atoms with Gasteiger partial charge < -0.3 is 10.1 Å². The molecule has 0 aliphatic carbocycles. The van der Waals surface area contributed by atoms with Gasteiger partial charge in [0, 0.05) is 12.6 Å². The summed E-state index contributed by atoms with van der Waals surface area (Å²) in [5, 5.41) is 3.31. The Balaban J connectivity index is 2.72. The molecule has 0 aliphatic heterocycles. The first-order chi connectivity index (χ1) is 8.58. The lowest BCUT2D eigenvalue weighted by Crippen LogP contribution is -2.44. The molecule has 1 rings (SSSR count). The second-order valence-electron chi connectivity index (χ2n) is 4.89. The van der Waals surface area contributed by atoms with Gasteiger partial charge in [-0.15, -0.1) is 0 Å². The quantitative estimate of drug-likeness (QED) is 0.806. The van der Waals surface area contributed by atoms with Gasteiger partial charge in [-0.1, -0.05) is 26.0 Å². The minimum absolute atomic E-state index is 0.171. The summed E-state index contributed by atoms with van der Waals surface area (Å²) in [5.41, 5.74) is 1.13. The lowest BCUT2D eigenvalue weighted by Gasteiger charge is -2.30. The van der Waals surface area contributed by atoms with Gasteiger partial charge in [0.15, 0.2) is 0 Å². The zero-order chi connectivity index (χ0) is 13.5. The van der Waals surface area contributed by atoms with E-state index in [-0.39, 0.29) is 18.0 Å². The number of likely N-dealkylation sites (N-methyl/N-ethyl adjacent to an activating group) is 1. The number of nitrogens with one attached hydrogen (secondary N) is 1. The van der Waals surface area contributed by atoms with Crippen LogP contribution in [-0.4, -0.2) is 25.8 Å². The molecule has 1 aromatic rings. The molecule has 2 atom stereocenters. The molecule has 18 heavy (non-hydrogen) atoms. The highest BCUT2D eigenvalue weighted by atomic mass is 19.1. The van der Waals surface area contributed by atoms with Crippen molar-refractivity contribution < 1.29 is 9.13 Å². The number of hydrogen-bond donors (Lipinski definition) is 1. The van der Waals surface area contributed by atoms with Crippen molar-refractivity contribution >= 4 is 0 Å². The van der Waals surface area contributed by atoms with Gasteiger partial charge in [-0.25, -0.2) is 4.39 Å².